The predicted molar refractivity (Wildman–Crippen MR) is 68.7 cm³/mol. The van der Waals surface area contributed by atoms with Gasteiger partial charge in [0.1, 0.15) is 16.7 Å². The molecular formula is C11H8Br2N2O. The third-order valence-corrected chi connectivity index (χ3v) is 2.90. The van der Waals surface area contributed by atoms with Crippen LogP contribution in [-0.2, 0) is 0 Å². The Hall–Kier alpha value is -0.940. The van der Waals surface area contributed by atoms with Crippen molar-refractivity contribution in [2.45, 2.75) is 6.92 Å². The molecule has 0 fully saturated rings. The molecule has 0 bridgehead atoms. The fourth-order valence-corrected chi connectivity index (χ4v) is 1.80. The Morgan fingerprint density at radius 3 is 2.69 bits per heavy atom. The number of ether oxygens (including phenoxy) is 1. The number of benzene rings is 1. The zero-order chi connectivity index (χ0) is 11.5. The SMILES string of the molecule is Cc1ccc(Br)cc1Oc1cc(Br)ncn1. The molecule has 16 heavy (non-hydrogen) atoms. The molecule has 5 heteroatoms. The maximum absolute atomic E-state index is 5.66. The Kier molecular flexibility index (Phi) is 3.56. The summed E-state index contributed by atoms with van der Waals surface area (Å²) >= 11 is 6.67. The summed E-state index contributed by atoms with van der Waals surface area (Å²) in [5, 5.41) is 0. The van der Waals surface area contributed by atoms with Crippen molar-refractivity contribution in [3.63, 3.8) is 0 Å². The largest absolute Gasteiger partial charge is 0.439 e. The van der Waals surface area contributed by atoms with Crippen molar-refractivity contribution >= 4 is 31.9 Å². The molecule has 0 aliphatic rings. The topological polar surface area (TPSA) is 35.0 Å². The monoisotopic (exact) mass is 342 g/mol. The first-order valence-corrected chi connectivity index (χ1v) is 6.15. The lowest BCUT2D eigenvalue weighted by Gasteiger charge is -2.07. The van der Waals surface area contributed by atoms with Crippen molar-refractivity contribution < 1.29 is 4.74 Å². The van der Waals surface area contributed by atoms with Crippen LogP contribution in [0.5, 0.6) is 11.6 Å². The van der Waals surface area contributed by atoms with Crippen molar-refractivity contribution in [1.82, 2.24) is 9.97 Å². The molecule has 0 aliphatic heterocycles. The lowest BCUT2D eigenvalue weighted by molar-refractivity contribution is 0.457. The number of aromatic nitrogens is 2. The summed E-state index contributed by atoms with van der Waals surface area (Å²) in [6.07, 6.45) is 1.45. The van der Waals surface area contributed by atoms with Gasteiger partial charge in [-0.1, -0.05) is 22.0 Å². The Morgan fingerprint density at radius 1 is 1.12 bits per heavy atom. The first-order chi connectivity index (χ1) is 7.65. The van der Waals surface area contributed by atoms with E-state index in [2.05, 4.69) is 41.8 Å². The van der Waals surface area contributed by atoms with E-state index in [0.29, 0.717) is 10.5 Å². The molecule has 1 aromatic carbocycles. The van der Waals surface area contributed by atoms with Crippen LogP contribution in [0.25, 0.3) is 0 Å². The van der Waals surface area contributed by atoms with Crippen LogP contribution in [0.1, 0.15) is 5.56 Å². The van der Waals surface area contributed by atoms with E-state index in [9.17, 15) is 0 Å². The van der Waals surface area contributed by atoms with Gasteiger partial charge in [-0.15, -0.1) is 0 Å². The van der Waals surface area contributed by atoms with Gasteiger partial charge in [-0.05, 0) is 40.5 Å². The summed E-state index contributed by atoms with van der Waals surface area (Å²) < 4.78 is 7.33. The Morgan fingerprint density at radius 2 is 1.94 bits per heavy atom. The Labute approximate surface area is 110 Å². The van der Waals surface area contributed by atoms with E-state index in [0.717, 1.165) is 15.8 Å². The zero-order valence-corrected chi connectivity index (χ0v) is 11.6. The average Bonchev–Trinajstić information content (AvgIpc) is 2.24. The Balaban J connectivity index is 2.30. The quantitative estimate of drug-likeness (QED) is 0.770. The van der Waals surface area contributed by atoms with Crippen LogP contribution in [-0.4, -0.2) is 9.97 Å². The van der Waals surface area contributed by atoms with Crippen LogP contribution in [0.3, 0.4) is 0 Å². The third kappa shape index (κ3) is 2.80. The molecule has 0 unspecified atom stereocenters. The van der Waals surface area contributed by atoms with Gasteiger partial charge in [-0.25, -0.2) is 9.97 Å². The van der Waals surface area contributed by atoms with Gasteiger partial charge in [0, 0.05) is 10.5 Å². The molecule has 0 aliphatic carbocycles. The van der Waals surface area contributed by atoms with Gasteiger partial charge in [0.05, 0.1) is 0 Å². The van der Waals surface area contributed by atoms with Crippen molar-refractivity contribution in [3.05, 3.63) is 45.2 Å². The standard InChI is InChI=1S/C11H8Br2N2O/c1-7-2-3-8(12)4-9(7)16-11-5-10(13)14-6-15-11/h2-6H,1H3. The van der Waals surface area contributed by atoms with Crippen molar-refractivity contribution in [2.75, 3.05) is 0 Å². The number of aryl methyl sites for hydroxylation is 1. The van der Waals surface area contributed by atoms with Gasteiger partial charge in [-0.3, -0.25) is 0 Å². The van der Waals surface area contributed by atoms with Gasteiger partial charge in [0.15, 0.2) is 0 Å². The molecule has 3 nitrogen and oxygen atoms in total. The second kappa shape index (κ2) is 4.93. The van der Waals surface area contributed by atoms with Gasteiger partial charge in [-0.2, -0.15) is 0 Å². The molecule has 0 atom stereocenters. The molecule has 0 N–H and O–H groups in total. The van der Waals surface area contributed by atoms with Crippen LogP contribution in [0, 0.1) is 6.92 Å². The zero-order valence-electron chi connectivity index (χ0n) is 8.45. The first-order valence-electron chi connectivity index (χ1n) is 4.57. The van der Waals surface area contributed by atoms with E-state index in [1.165, 1.54) is 6.33 Å². The van der Waals surface area contributed by atoms with Crippen molar-refractivity contribution in [2.24, 2.45) is 0 Å². The van der Waals surface area contributed by atoms with E-state index in [-0.39, 0.29) is 0 Å². The van der Waals surface area contributed by atoms with E-state index in [1.54, 1.807) is 6.07 Å². The molecule has 82 valence electrons. The number of hydrogen-bond acceptors (Lipinski definition) is 3. The summed E-state index contributed by atoms with van der Waals surface area (Å²) in [5.74, 6) is 1.29. The number of nitrogens with zero attached hydrogens (tertiary/aromatic N) is 2. The highest BCUT2D eigenvalue weighted by molar-refractivity contribution is 9.10. The molecule has 0 amide bonds. The maximum Gasteiger partial charge on any atom is 0.223 e. The lowest BCUT2D eigenvalue weighted by Crippen LogP contribution is -1.91. The number of halogens is 2. The minimum Gasteiger partial charge on any atom is -0.439 e. The van der Waals surface area contributed by atoms with Gasteiger partial charge in [0.2, 0.25) is 5.88 Å². The van der Waals surface area contributed by atoms with Gasteiger partial charge in [0.25, 0.3) is 0 Å². The third-order valence-electron chi connectivity index (χ3n) is 1.97. The predicted octanol–water partition coefficient (Wildman–Crippen LogP) is 4.10. The van der Waals surface area contributed by atoms with Crippen LogP contribution < -0.4 is 4.74 Å². The van der Waals surface area contributed by atoms with E-state index >= 15 is 0 Å². The van der Waals surface area contributed by atoms with Crippen molar-refractivity contribution in [1.29, 1.82) is 0 Å². The summed E-state index contributed by atoms with van der Waals surface area (Å²) in [7, 11) is 0. The lowest BCUT2D eigenvalue weighted by atomic mass is 10.2. The van der Waals surface area contributed by atoms with Crippen LogP contribution in [0.4, 0.5) is 0 Å². The number of hydrogen-bond donors (Lipinski definition) is 0. The highest BCUT2D eigenvalue weighted by Gasteiger charge is 2.04. The average molecular weight is 344 g/mol. The molecule has 2 aromatic rings. The van der Waals surface area contributed by atoms with Crippen molar-refractivity contribution in [3.8, 4) is 11.6 Å². The molecule has 0 radical (unpaired) electrons. The van der Waals surface area contributed by atoms with Crippen LogP contribution >= 0.6 is 31.9 Å². The molecule has 0 spiro atoms. The highest BCUT2D eigenvalue weighted by Crippen LogP contribution is 2.27. The van der Waals surface area contributed by atoms with E-state index in [1.807, 2.05) is 25.1 Å². The second-order valence-electron chi connectivity index (χ2n) is 3.19. The van der Waals surface area contributed by atoms with Crippen LogP contribution in [0.15, 0.2) is 39.7 Å². The second-order valence-corrected chi connectivity index (χ2v) is 4.92. The molecule has 2 rings (SSSR count). The highest BCUT2D eigenvalue weighted by atomic mass is 79.9. The fraction of sp³-hybridized carbons (Fsp3) is 0.0909. The molecule has 0 saturated carbocycles. The fourth-order valence-electron chi connectivity index (χ4n) is 1.17. The van der Waals surface area contributed by atoms with Gasteiger partial charge < -0.3 is 4.74 Å². The van der Waals surface area contributed by atoms with E-state index in [4.69, 9.17) is 4.74 Å². The molecule has 1 aromatic heterocycles. The maximum atomic E-state index is 5.66. The molecule has 1 heterocycles. The minimum absolute atomic E-state index is 0.517. The molecule has 0 saturated heterocycles. The summed E-state index contributed by atoms with van der Waals surface area (Å²) in [6.45, 7) is 1.98. The number of rotatable bonds is 2. The smallest absolute Gasteiger partial charge is 0.223 e. The minimum atomic E-state index is 0.517. The summed E-state index contributed by atoms with van der Waals surface area (Å²) in [4.78, 5) is 7.96. The summed E-state index contributed by atoms with van der Waals surface area (Å²) in [5.41, 5.74) is 1.05. The molecular weight excluding hydrogens is 336 g/mol. The van der Waals surface area contributed by atoms with E-state index < -0.39 is 0 Å². The summed E-state index contributed by atoms with van der Waals surface area (Å²) in [6, 6.07) is 7.58. The van der Waals surface area contributed by atoms with Crippen LogP contribution in [0.2, 0.25) is 0 Å². The van der Waals surface area contributed by atoms with Gasteiger partial charge >= 0.3 is 0 Å². The first kappa shape index (κ1) is 11.5. The Bertz CT molecular complexity index is 517. The normalized spacial score (nSPS) is 10.2.